The number of sulfone groups is 1. The Hall–Kier alpha value is -3.38. The standard InChI is InChI=1S/C29H25ClF2N2O6S/c30-20-9-5-15(27(36)33-18-8-10-21(31)22(32)14-18)11-25(20)41(38,39)19-12-16-6-7-17(13-19)29(16,37)26(35)28-34-23-3-1-2-4-24(23)40-28/h1-5,8-11,14,16-17,19,26,35,37H,6-7,12-13H2,(H,33,36)/t16-,17?,19?,26?,29?/m0/s1. The minimum Gasteiger partial charge on any atom is -0.438 e. The molecule has 1 amide bonds. The van der Waals surface area contributed by atoms with Crippen molar-refractivity contribution in [2.75, 3.05) is 5.32 Å². The number of carbonyl (C=O) groups excluding carboxylic acids is 1. The van der Waals surface area contributed by atoms with Crippen molar-refractivity contribution in [3.05, 3.63) is 88.8 Å². The lowest BCUT2D eigenvalue weighted by Gasteiger charge is -2.44. The molecule has 4 aromatic rings. The number of aliphatic hydroxyl groups excluding tert-OH is 1. The fourth-order valence-electron chi connectivity index (χ4n) is 6.27. The topological polar surface area (TPSA) is 130 Å². The molecule has 0 spiro atoms. The Kier molecular flexibility index (Phi) is 6.88. The highest BCUT2D eigenvalue weighted by molar-refractivity contribution is 7.92. The Morgan fingerprint density at radius 1 is 1.05 bits per heavy atom. The molecular weight excluding hydrogens is 578 g/mol. The van der Waals surface area contributed by atoms with Gasteiger partial charge in [-0.25, -0.2) is 22.2 Å². The second-order valence-electron chi connectivity index (χ2n) is 10.6. The number of hydrogen-bond acceptors (Lipinski definition) is 7. The van der Waals surface area contributed by atoms with Gasteiger partial charge in [-0.2, -0.15) is 0 Å². The van der Waals surface area contributed by atoms with Crippen LogP contribution in [-0.4, -0.2) is 40.4 Å². The number of amides is 1. The van der Waals surface area contributed by atoms with Gasteiger partial charge >= 0.3 is 0 Å². The second kappa shape index (κ2) is 10.2. The number of hydrogen-bond donors (Lipinski definition) is 3. The molecule has 1 aromatic heterocycles. The van der Waals surface area contributed by atoms with E-state index in [0.29, 0.717) is 23.9 Å². The number of benzene rings is 3. The van der Waals surface area contributed by atoms with Gasteiger partial charge in [0.1, 0.15) is 11.1 Å². The summed E-state index contributed by atoms with van der Waals surface area (Å²) in [7, 11) is -4.07. The van der Waals surface area contributed by atoms with Crippen molar-refractivity contribution in [1.29, 1.82) is 0 Å². The van der Waals surface area contributed by atoms with Crippen molar-refractivity contribution < 1.29 is 36.6 Å². The van der Waals surface area contributed by atoms with E-state index in [1.165, 1.54) is 18.2 Å². The number of aromatic nitrogens is 1. The third-order valence-electron chi connectivity index (χ3n) is 8.36. The molecule has 2 saturated carbocycles. The van der Waals surface area contributed by atoms with Gasteiger partial charge in [-0.05, 0) is 80.0 Å². The minimum absolute atomic E-state index is 0.00565. The Morgan fingerprint density at radius 3 is 2.44 bits per heavy atom. The van der Waals surface area contributed by atoms with Crippen molar-refractivity contribution in [3.8, 4) is 0 Å². The minimum atomic E-state index is -4.07. The van der Waals surface area contributed by atoms with Crippen molar-refractivity contribution in [1.82, 2.24) is 4.98 Å². The van der Waals surface area contributed by atoms with E-state index in [2.05, 4.69) is 10.3 Å². The SMILES string of the molecule is O=C(Nc1ccc(F)c(F)c1)c1ccc(Cl)c(S(=O)(=O)C2CC3CC[C@@H](C2)C3(O)C(O)c2nc3ccccc3o2)c1. The molecule has 41 heavy (non-hydrogen) atoms. The van der Waals surface area contributed by atoms with E-state index in [-0.39, 0.29) is 39.9 Å². The van der Waals surface area contributed by atoms with Gasteiger partial charge in [-0.3, -0.25) is 4.79 Å². The molecule has 3 N–H and O–H groups in total. The molecule has 12 heteroatoms. The summed E-state index contributed by atoms with van der Waals surface area (Å²) in [4.78, 5) is 16.9. The summed E-state index contributed by atoms with van der Waals surface area (Å²) >= 11 is 6.30. The number of para-hydroxylation sites is 2. The van der Waals surface area contributed by atoms with Crippen LogP contribution in [0.1, 0.15) is 48.0 Å². The Balaban J connectivity index is 1.24. The third kappa shape index (κ3) is 4.70. The van der Waals surface area contributed by atoms with Crippen LogP contribution in [0.3, 0.4) is 0 Å². The molecule has 0 aliphatic heterocycles. The third-order valence-corrected chi connectivity index (χ3v) is 11.0. The molecule has 4 unspecified atom stereocenters. The van der Waals surface area contributed by atoms with E-state index in [0.717, 1.165) is 18.2 Å². The summed E-state index contributed by atoms with van der Waals surface area (Å²) in [6, 6.07) is 13.6. The van der Waals surface area contributed by atoms with Crippen molar-refractivity contribution in [2.45, 2.75) is 47.5 Å². The highest BCUT2D eigenvalue weighted by Crippen LogP contribution is 2.56. The van der Waals surface area contributed by atoms with Crippen LogP contribution in [0.25, 0.3) is 11.1 Å². The van der Waals surface area contributed by atoms with Crippen LogP contribution in [-0.2, 0) is 9.84 Å². The van der Waals surface area contributed by atoms with Crippen LogP contribution in [0.2, 0.25) is 5.02 Å². The van der Waals surface area contributed by atoms with Crippen molar-refractivity contribution >= 4 is 44.1 Å². The van der Waals surface area contributed by atoms with Gasteiger partial charge in [0.25, 0.3) is 5.91 Å². The highest BCUT2D eigenvalue weighted by atomic mass is 35.5. The van der Waals surface area contributed by atoms with E-state index >= 15 is 0 Å². The fraction of sp³-hybridized carbons (Fsp3) is 0.310. The van der Waals surface area contributed by atoms with E-state index in [4.69, 9.17) is 16.0 Å². The molecule has 6 rings (SSSR count). The average Bonchev–Trinajstić information content (AvgIpc) is 3.42. The molecule has 0 radical (unpaired) electrons. The highest BCUT2D eigenvalue weighted by Gasteiger charge is 2.60. The van der Waals surface area contributed by atoms with Gasteiger partial charge in [0, 0.05) is 17.3 Å². The number of anilines is 1. The van der Waals surface area contributed by atoms with E-state index in [1.807, 2.05) is 0 Å². The first-order chi connectivity index (χ1) is 19.5. The van der Waals surface area contributed by atoms with Crippen LogP contribution in [0.4, 0.5) is 14.5 Å². The predicted molar refractivity (Wildman–Crippen MR) is 146 cm³/mol. The smallest absolute Gasteiger partial charge is 0.255 e. The molecule has 8 nitrogen and oxygen atoms in total. The zero-order valence-corrected chi connectivity index (χ0v) is 23.0. The molecule has 2 bridgehead atoms. The number of nitrogens with one attached hydrogen (secondary N) is 1. The lowest BCUT2D eigenvalue weighted by molar-refractivity contribution is -0.151. The molecule has 2 aliphatic carbocycles. The lowest BCUT2D eigenvalue weighted by atomic mass is 9.71. The van der Waals surface area contributed by atoms with Crippen LogP contribution < -0.4 is 5.32 Å². The van der Waals surface area contributed by atoms with Crippen molar-refractivity contribution in [2.24, 2.45) is 11.8 Å². The Morgan fingerprint density at radius 2 is 1.76 bits per heavy atom. The number of rotatable bonds is 6. The summed E-state index contributed by atoms with van der Waals surface area (Å²) in [6.07, 6.45) is -0.297. The van der Waals surface area contributed by atoms with E-state index in [1.54, 1.807) is 24.3 Å². The zero-order chi connectivity index (χ0) is 29.1. The average molecular weight is 603 g/mol. The summed E-state index contributed by atoms with van der Waals surface area (Å²) in [5.74, 6) is -4.07. The molecule has 0 saturated heterocycles. The van der Waals surface area contributed by atoms with Gasteiger partial charge in [0.15, 0.2) is 33.2 Å². The number of oxazole rings is 1. The quantitative estimate of drug-likeness (QED) is 0.268. The largest absolute Gasteiger partial charge is 0.438 e. The molecule has 2 fully saturated rings. The zero-order valence-electron chi connectivity index (χ0n) is 21.4. The van der Waals surface area contributed by atoms with Gasteiger partial charge in [0.05, 0.1) is 15.2 Å². The number of fused-ring (bicyclic) bond motifs is 3. The maximum absolute atomic E-state index is 13.8. The van der Waals surface area contributed by atoms with E-state index in [9.17, 15) is 32.2 Å². The number of aliphatic hydroxyl groups is 2. The summed E-state index contributed by atoms with van der Waals surface area (Å²) in [5, 5.41) is 24.4. The number of nitrogens with zero attached hydrogens (tertiary/aromatic N) is 1. The van der Waals surface area contributed by atoms with E-state index < -0.39 is 56.2 Å². The molecule has 2 aliphatic rings. The summed E-state index contributed by atoms with van der Waals surface area (Å²) < 4.78 is 60.2. The Bertz CT molecular complexity index is 1730. The first-order valence-electron chi connectivity index (χ1n) is 13.0. The van der Waals surface area contributed by atoms with Crippen LogP contribution in [0.15, 0.2) is 70.0 Å². The number of halogens is 3. The molecule has 5 atom stereocenters. The maximum Gasteiger partial charge on any atom is 0.255 e. The second-order valence-corrected chi connectivity index (χ2v) is 13.3. The first kappa shape index (κ1) is 27.8. The van der Waals surface area contributed by atoms with Gasteiger partial charge in [0.2, 0.25) is 5.89 Å². The van der Waals surface area contributed by atoms with Crippen LogP contribution in [0.5, 0.6) is 0 Å². The van der Waals surface area contributed by atoms with Crippen LogP contribution >= 0.6 is 11.6 Å². The lowest BCUT2D eigenvalue weighted by Crippen LogP contribution is -2.52. The maximum atomic E-state index is 13.8. The van der Waals surface area contributed by atoms with Gasteiger partial charge < -0.3 is 19.9 Å². The first-order valence-corrected chi connectivity index (χ1v) is 15.0. The molecule has 214 valence electrons. The normalized spacial score (nSPS) is 24.9. The molecule has 1 heterocycles. The van der Waals surface area contributed by atoms with Crippen molar-refractivity contribution in [3.63, 3.8) is 0 Å². The summed E-state index contributed by atoms with van der Waals surface area (Å²) in [5.41, 5.74) is -0.662. The van der Waals surface area contributed by atoms with Gasteiger partial charge in [-0.1, -0.05) is 23.7 Å². The van der Waals surface area contributed by atoms with Gasteiger partial charge in [-0.15, -0.1) is 0 Å². The Labute approximate surface area is 238 Å². The predicted octanol–water partition coefficient (Wildman–Crippen LogP) is 5.44. The monoisotopic (exact) mass is 602 g/mol. The molecule has 3 aromatic carbocycles. The number of carbonyl (C=O) groups is 1. The van der Waals surface area contributed by atoms with Crippen LogP contribution in [0, 0.1) is 23.5 Å². The fourth-order valence-corrected chi connectivity index (χ4v) is 8.67. The summed E-state index contributed by atoms with van der Waals surface area (Å²) in [6.45, 7) is 0. The molecular formula is C29H25ClF2N2O6S.